The molecule has 11 heteroatoms. The van der Waals surface area contributed by atoms with E-state index >= 15 is 0 Å². The average molecular weight is 483 g/mol. The first-order valence-electron chi connectivity index (χ1n) is 11.5. The molecule has 9 nitrogen and oxygen atoms in total. The molecule has 1 aromatic carbocycles. The maximum absolute atomic E-state index is 13.5. The minimum Gasteiger partial charge on any atom is -0.368 e. The second-order valence-corrected chi connectivity index (χ2v) is 10.8. The van der Waals surface area contributed by atoms with Crippen LogP contribution < -0.4 is 11.1 Å². The molecule has 0 bridgehead atoms. The quantitative estimate of drug-likeness (QED) is 0.644. The van der Waals surface area contributed by atoms with Crippen LogP contribution in [0.4, 0.5) is 4.39 Å². The highest BCUT2D eigenvalue weighted by atomic mass is 32.2. The van der Waals surface area contributed by atoms with Gasteiger partial charge in [0.1, 0.15) is 11.9 Å². The van der Waals surface area contributed by atoms with Gasteiger partial charge < -0.3 is 20.7 Å². The lowest BCUT2D eigenvalue weighted by Crippen LogP contribution is -2.65. The van der Waals surface area contributed by atoms with Gasteiger partial charge in [0.2, 0.25) is 10.0 Å². The molecule has 2 aliphatic heterocycles. The molecule has 4 rings (SSSR count). The van der Waals surface area contributed by atoms with Crippen molar-refractivity contribution in [1.82, 2.24) is 14.5 Å². The molecule has 1 saturated carbocycles. The molecule has 3 fully saturated rings. The summed E-state index contributed by atoms with van der Waals surface area (Å²) in [6.07, 6.45) is 2.57. The second kappa shape index (κ2) is 10.0. The van der Waals surface area contributed by atoms with Gasteiger partial charge in [-0.2, -0.15) is 4.31 Å². The minimum atomic E-state index is -4.16. The molecule has 33 heavy (non-hydrogen) atoms. The highest BCUT2D eigenvalue weighted by Gasteiger charge is 2.46. The molecule has 182 valence electrons. The van der Waals surface area contributed by atoms with E-state index in [2.05, 4.69) is 5.32 Å². The number of halogens is 1. The van der Waals surface area contributed by atoms with Crippen molar-refractivity contribution in [2.45, 2.75) is 74.2 Å². The normalized spacial score (nSPS) is 29.1. The molecule has 1 aromatic rings. The van der Waals surface area contributed by atoms with Crippen LogP contribution in [-0.4, -0.2) is 73.5 Å². The molecule has 2 saturated heterocycles. The van der Waals surface area contributed by atoms with Crippen LogP contribution in [0.25, 0.3) is 0 Å². The maximum atomic E-state index is 13.5. The Morgan fingerprint density at radius 2 is 1.73 bits per heavy atom. The number of hydrogen-bond donors (Lipinski definition) is 2. The number of nitrogens with one attached hydrogen (secondary N) is 1. The van der Waals surface area contributed by atoms with Crippen molar-refractivity contribution in [3.63, 3.8) is 0 Å². The van der Waals surface area contributed by atoms with E-state index in [1.807, 2.05) is 0 Å². The number of carbonyl (C=O) groups is 2. The van der Waals surface area contributed by atoms with Crippen LogP contribution in [-0.2, 0) is 24.3 Å². The predicted octanol–water partition coefficient (Wildman–Crippen LogP) is 0.940. The monoisotopic (exact) mass is 482 g/mol. The first kappa shape index (κ1) is 24.1. The fourth-order valence-electron chi connectivity index (χ4n) is 4.79. The summed E-state index contributed by atoms with van der Waals surface area (Å²) in [5.41, 5.74) is 5.96. The number of nitrogens with two attached hydrogens (primary N) is 1. The lowest BCUT2D eigenvalue weighted by atomic mass is 9.92. The Labute approximate surface area is 193 Å². The van der Waals surface area contributed by atoms with Gasteiger partial charge in [0.25, 0.3) is 11.8 Å². The summed E-state index contributed by atoms with van der Waals surface area (Å²) >= 11 is 0. The number of nitrogens with zero attached hydrogens (tertiary/aromatic N) is 2. The van der Waals surface area contributed by atoms with Crippen molar-refractivity contribution >= 4 is 21.8 Å². The lowest BCUT2D eigenvalue weighted by Gasteiger charge is -2.43. The summed E-state index contributed by atoms with van der Waals surface area (Å²) in [7, 11) is -4.16. The highest BCUT2D eigenvalue weighted by Crippen LogP contribution is 2.27. The van der Waals surface area contributed by atoms with E-state index in [0.29, 0.717) is 32.3 Å². The molecular formula is C22H31FN4O5S. The minimum absolute atomic E-state index is 0.0721. The molecule has 3 N–H and O–H groups in total. The van der Waals surface area contributed by atoms with Gasteiger partial charge in [0.05, 0.1) is 4.90 Å². The van der Waals surface area contributed by atoms with Gasteiger partial charge in [-0.1, -0.05) is 0 Å². The van der Waals surface area contributed by atoms with Crippen LogP contribution in [0, 0.1) is 5.82 Å². The van der Waals surface area contributed by atoms with Gasteiger partial charge in [-0.3, -0.25) is 9.59 Å². The first-order valence-corrected chi connectivity index (χ1v) is 13.0. The van der Waals surface area contributed by atoms with Gasteiger partial charge in [-0.15, -0.1) is 0 Å². The summed E-state index contributed by atoms with van der Waals surface area (Å²) in [4.78, 5) is 27.9. The highest BCUT2D eigenvalue weighted by molar-refractivity contribution is 7.89. The predicted molar refractivity (Wildman–Crippen MR) is 118 cm³/mol. The van der Waals surface area contributed by atoms with E-state index in [1.165, 1.54) is 17.0 Å². The fraction of sp³-hybridized carbons (Fsp3) is 0.636. The maximum Gasteiger partial charge on any atom is 0.259 e. The standard InChI is InChI=1S/C22H31FN4O5S/c23-15-4-10-18(11-5-15)33(30,31)27-13-2-12-26(22(29)19-3-1-14-32-19)21(27)20(28)25-17-8-6-16(24)7-9-17/h4-5,10-11,16-17,19,21H,1-3,6-9,12-14,24H2,(H,25,28). The van der Waals surface area contributed by atoms with Gasteiger partial charge in [-0.25, -0.2) is 12.8 Å². The van der Waals surface area contributed by atoms with Gasteiger partial charge in [-0.05, 0) is 69.2 Å². The van der Waals surface area contributed by atoms with Crippen LogP contribution in [0.15, 0.2) is 29.2 Å². The van der Waals surface area contributed by atoms with Crippen molar-refractivity contribution < 1.29 is 27.1 Å². The number of ether oxygens (including phenoxy) is 1. The Kier molecular flexibility index (Phi) is 7.32. The van der Waals surface area contributed by atoms with Crippen LogP contribution >= 0.6 is 0 Å². The van der Waals surface area contributed by atoms with Gasteiger partial charge >= 0.3 is 0 Å². The van der Waals surface area contributed by atoms with Gasteiger partial charge in [0, 0.05) is 31.8 Å². The molecule has 1 aliphatic carbocycles. The van der Waals surface area contributed by atoms with E-state index in [9.17, 15) is 22.4 Å². The molecule has 2 heterocycles. The zero-order valence-corrected chi connectivity index (χ0v) is 19.3. The van der Waals surface area contributed by atoms with E-state index < -0.39 is 34.0 Å². The summed E-state index contributed by atoms with van der Waals surface area (Å²) in [5, 5.41) is 2.95. The Hall–Kier alpha value is -2.08. The SMILES string of the molecule is NC1CCC(NC(=O)C2N(C(=O)C3CCCO3)CCCN2S(=O)(=O)c2ccc(F)cc2)CC1. The summed E-state index contributed by atoms with van der Waals surface area (Å²) in [5.74, 6) is -1.47. The van der Waals surface area contributed by atoms with Crippen molar-refractivity contribution in [1.29, 1.82) is 0 Å². The topological polar surface area (TPSA) is 122 Å². The third-order valence-electron chi connectivity index (χ3n) is 6.61. The zero-order valence-electron chi connectivity index (χ0n) is 18.5. The largest absolute Gasteiger partial charge is 0.368 e. The first-order chi connectivity index (χ1) is 15.8. The number of rotatable bonds is 5. The van der Waals surface area contributed by atoms with Crippen molar-refractivity contribution in [2.75, 3.05) is 19.7 Å². The summed E-state index contributed by atoms with van der Waals surface area (Å²) < 4.78 is 46.9. The van der Waals surface area contributed by atoms with Crippen LogP contribution in [0.5, 0.6) is 0 Å². The Bertz CT molecular complexity index is 960. The smallest absolute Gasteiger partial charge is 0.259 e. The molecule has 2 amide bonds. The molecule has 3 aliphatic rings. The summed E-state index contributed by atoms with van der Waals surface area (Å²) in [6, 6.07) is 4.43. The number of amides is 2. The van der Waals surface area contributed by atoms with E-state index in [1.54, 1.807) is 0 Å². The Morgan fingerprint density at radius 1 is 1.03 bits per heavy atom. The van der Waals surface area contributed by atoms with E-state index in [-0.39, 0.29) is 36.0 Å². The molecule has 0 spiro atoms. The van der Waals surface area contributed by atoms with Crippen LogP contribution in [0.3, 0.4) is 0 Å². The fourth-order valence-corrected chi connectivity index (χ4v) is 6.38. The molecule has 2 atom stereocenters. The summed E-state index contributed by atoms with van der Waals surface area (Å²) in [6.45, 7) is 0.783. The lowest BCUT2D eigenvalue weighted by molar-refractivity contribution is -0.154. The van der Waals surface area contributed by atoms with Crippen molar-refractivity contribution in [3.05, 3.63) is 30.1 Å². The number of benzene rings is 1. The average Bonchev–Trinajstić information content (AvgIpc) is 3.35. The number of hydrogen-bond acceptors (Lipinski definition) is 6. The third kappa shape index (κ3) is 5.21. The molecule has 0 radical (unpaired) electrons. The van der Waals surface area contributed by atoms with E-state index in [4.69, 9.17) is 10.5 Å². The van der Waals surface area contributed by atoms with Crippen LogP contribution in [0.2, 0.25) is 0 Å². The second-order valence-electron chi connectivity index (χ2n) is 8.95. The van der Waals surface area contributed by atoms with Crippen LogP contribution in [0.1, 0.15) is 44.9 Å². The molecule has 0 aromatic heterocycles. The Balaban J connectivity index is 1.63. The van der Waals surface area contributed by atoms with E-state index in [0.717, 1.165) is 35.7 Å². The van der Waals surface area contributed by atoms with Gasteiger partial charge in [0.15, 0.2) is 6.17 Å². The Morgan fingerprint density at radius 3 is 2.36 bits per heavy atom. The zero-order chi connectivity index (χ0) is 23.6. The number of sulfonamides is 1. The molecule has 2 unspecified atom stereocenters. The van der Waals surface area contributed by atoms with Crippen molar-refractivity contribution in [2.24, 2.45) is 5.73 Å². The van der Waals surface area contributed by atoms with Crippen molar-refractivity contribution in [3.8, 4) is 0 Å². The number of carbonyl (C=O) groups excluding carboxylic acids is 2. The molecular weight excluding hydrogens is 451 g/mol. The third-order valence-corrected chi connectivity index (χ3v) is 8.47.